The zero-order valence-electron chi connectivity index (χ0n) is 20.2. The van der Waals surface area contributed by atoms with Crippen LogP contribution in [0.25, 0.3) is 23.1 Å². The molecule has 3 aromatic carbocycles. The van der Waals surface area contributed by atoms with Gasteiger partial charge in [0.15, 0.2) is 0 Å². The van der Waals surface area contributed by atoms with Gasteiger partial charge >= 0.3 is 11.9 Å². The normalized spacial score (nSPS) is 11.8. The number of fused-ring (bicyclic) bond motifs is 1. The van der Waals surface area contributed by atoms with Crippen LogP contribution in [0.15, 0.2) is 72.8 Å². The van der Waals surface area contributed by atoms with Crippen molar-refractivity contribution in [2.24, 2.45) is 0 Å². The topological polar surface area (TPSA) is 126 Å². The minimum absolute atomic E-state index is 0.0584. The van der Waals surface area contributed by atoms with Gasteiger partial charge in [-0.1, -0.05) is 42.5 Å². The molecule has 1 heterocycles. The number of pyridine rings is 1. The monoisotopic (exact) mass is 514 g/mol. The number of benzene rings is 3. The molecule has 38 heavy (non-hydrogen) atoms. The lowest BCUT2D eigenvalue weighted by Gasteiger charge is -2.17. The molecule has 8 nitrogen and oxygen atoms in total. The van der Waals surface area contributed by atoms with Gasteiger partial charge in [-0.25, -0.2) is 19.0 Å². The minimum atomic E-state index is -1.25. The van der Waals surface area contributed by atoms with E-state index >= 15 is 0 Å². The number of nitrogens with zero attached hydrogens (tertiary/aromatic N) is 1. The number of hydrogen-bond donors (Lipinski definition) is 3. The van der Waals surface area contributed by atoms with E-state index in [0.29, 0.717) is 16.5 Å². The smallest absolute Gasteiger partial charge is 0.336 e. The summed E-state index contributed by atoms with van der Waals surface area (Å²) in [5.74, 6) is -2.97. The number of methoxy groups -OCH3 is 1. The van der Waals surface area contributed by atoms with Crippen LogP contribution in [0.1, 0.15) is 37.5 Å². The maximum absolute atomic E-state index is 13.1. The van der Waals surface area contributed by atoms with Crippen molar-refractivity contribution < 1.29 is 33.7 Å². The summed E-state index contributed by atoms with van der Waals surface area (Å²) in [5.41, 5.74) is 2.08. The van der Waals surface area contributed by atoms with Crippen molar-refractivity contribution in [1.29, 1.82) is 0 Å². The fourth-order valence-electron chi connectivity index (χ4n) is 3.84. The molecule has 3 N–H and O–H groups in total. The molecule has 1 amide bonds. The number of carboxylic acid groups (broad SMARTS) is 1. The fraction of sp³-hybridized carbons (Fsp3) is 0.103. The predicted molar refractivity (Wildman–Crippen MR) is 139 cm³/mol. The van der Waals surface area contributed by atoms with Crippen LogP contribution in [0.4, 0.5) is 4.39 Å². The number of rotatable bonds is 8. The van der Waals surface area contributed by atoms with Crippen molar-refractivity contribution in [3.8, 4) is 5.75 Å². The van der Waals surface area contributed by atoms with Gasteiger partial charge < -0.3 is 20.3 Å². The van der Waals surface area contributed by atoms with Gasteiger partial charge in [0.25, 0.3) is 5.91 Å². The van der Waals surface area contributed by atoms with Gasteiger partial charge in [-0.05, 0) is 59.2 Å². The first-order valence-electron chi connectivity index (χ1n) is 11.5. The van der Waals surface area contributed by atoms with Crippen molar-refractivity contribution in [2.45, 2.75) is 12.5 Å². The predicted octanol–water partition coefficient (Wildman–Crippen LogP) is 4.46. The molecule has 0 saturated heterocycles. The summed E-state index contributed by atoms with van der Waals surface area (Å²) < 4.78 is 17.9. The van der Waals surface area contributed by atoms with Crippen LogP contribution in [0.2, 0.25) is 0 Å². The van der Waals surface area contributed by atoms with Crippen molar-refractivity contribution in [2.75, 3.05) is 7.11 Å². The second kappa shape index (κ2) is 11.3. The number of hydrogen-bond acceptors (Lipinski definition) is 6. The molecule has 0 bridgehead atoms. The summed E-state index contributed by atoms with van der Waals surface area (Å²) in [6.45, 7) is 0. The van der Waals surface area contributed by atoms with E-state index in [9.17, 15) is 29.0 Å². The number of nitrogens with one attached hydrogen (secondary N) is 1. The van der Waals surface area contributed by atoms with E-state index in [4.69, 9.17) is 4.74 Å². The summed E-state index contributed by atoms with van der Waals surface area (Å²) in [6.07, 6.45) is 3.60. The van der Waals surface area contributed by atoms with Gasteiger partial charge in [0.1, 0.15) is 23.3 Å². The van der Waals surface area contributed by atoms with Crippen LogP contribution >= 0.6 is 0 Å². The Morgan fingerprint density at radius 1 is 0.974 bits per heavy atom. The van der Waals surface area contributed by atoms with Crippen LogP contribution < -0.4 is 5.32 Å². The van der Waals surface area contributed by atoms with Gasteiger partial charge in [-0.3, -0.25) is 4.79 Å². The van der Waals surface area contributed by atoms with Gasteiger partial charge in [0.2, 0.25) is 0 Å². The lowest BCUT2D eigenvalue weighted by molar-refractivity contribution is -0.142. The number of carboxylic acids is 1. The molecule has 0 unspecified atom stereocenters. The molecule has 0 aliphatic carbocycles. The third kappa shape index (κ3) is 6.19. The van der Waals surface area contributed by atoms with E-state index in [1.165, 1.54) is 31.4 Å². The molecule has 1 aromatic heterocycles. The van der Waals surface area contributed by atoms with Crippen LogP contribution in [0, 0.1) is 5.82 Å². The van der Waals surface area contributed by atoms with Crippen molar-refractivity contribution in [3.63, 3.8) is 0 Å². The molecule has 0 fully saturated rings. The highest BCUT2D eigenvalue weighted by atomic mass is 19.1. The first-order valence-corrected chi connectivity index (χ1v) is 11.5. The van der Waals surface area contributed by atoms with E-state index in [2.05, 4.69) is 10.3 Å². The molecular weight excluding hydrogens is 491 g/mol. The van der Waals surface area contributed by atoms with Gasteiger partial charge in [0.05, 0.1) is 18.2 Å². The summed E-state index contributed by atoms with van der Waals surface area (Å²) in [6, 6.07) is 17.1. The minimum Gasteiger partial charge on any atom is -0.508 e. The number of aromatic nitrogens is 1. The quantitative estimate of drug-likeness (QED) is 0.234. The number of carbonyl (C=O) groups excluding carboxylic acids is 2. The van der Waals surface area contributed by atoms with Gasteiger partial charge in [-0.2, -0.15) is 0 Å². The Balaban J connectivity index is 1.62. The van der Waals surface area contributed by atoms with Crippen molar-refractivity contribution in [3.05, 3.63) is 107 Å². The Morgan fingerprint density at radius 2 is 1.63 bits per heavy atom. The van der Waals surface area contributed by atoms with E-state index in [0.717, 1.165) is 11.6 Å². The summed E-state index contributed by atoms with van der Waals surface area (Å²) in [7, 11) is 1.19. The van der Waals surface area contributed by atoms with E-state index < -0.39 is 23.9 Å². The fourth-order valence-corrected chi connectivity index (χ4v) is 3.84. The maximum Gasteiger partial charge on any atom is 0.336 e. The van der Waals surface area contributed by atoms with Crippen LogP contribution in [-0.2, 0) is 16.0 Å². The average Bonchev–Trinajstić information content (AvgIpc) is 2.92. The highest BCUT2D eigenvalue weighted by Gasteiger charge is 2.24. The number of aromatic hydroxyl groups is 1. The molecule has 0 spiro atoms. The van der Waals surface area contributed by atoms with Crippen molar-refractivity contribution >= 4 is 40.9 Å². The largest absolute Gasteiger partial charge is 0.508 e. The van der Waals surface area contributed by atoms with Gasteiger partial charge in [0, 0.05) is 11.8 Å². The Morgan fingerprint density at radius 3 is 2.29 bits per heavy atom. The lowest BCUT2D eigenvalue weighted by atomic mass is 10.0. The van der Waals surface area contributed by atoms with Crippen LogP contribution in [0.3, 0.4) is 0 Å². The highest BCUT2D eigenvalue weighted by Crippen LogP contribution is 2.22. The van der Waals surface area contributed by atoms with E-state index in [1.54, 1.807) is 54.6 Å². The Labute approximate surface area is 217 Å². The number of carbonyl (C=O) groups is 3. The zero-order chi connectivity index (χ0) is 27.2. The number of amides is 1. The van der Waals surface area contributed by atoms with E-state index in [1.807, 2.05) is 0 Å². The summed E-state index contributed by atoms with van der Waals surface area (Å²) in [4.78, 5) is 41.7. The highest BCUT2D eigenvalue weighted by molar-refractivity contribution is 6.06. The van der Waals surface area contributed by atoms with Crippen LogP contribution in [-0.4, -0.2) is 46.2 Å². The molecule has 4 aromatic rings. The van der Waals surface area contributed by atoms with Crippen molar-refractivity contribution in [1.82, 2.24) is 10.3 Å². The third-order valence-corrected chi connectivity index (χ3v) is 5.80. The number of phenols is 1. The SMILES string of the molecule is COC(=O)[C@H](Cc1ccc(O)cc1)NC(=O)c1cc(C(=O)O)c2cc(C=Cc3ccc(F)cc3)ccc2n1. The molecule has 0 saturated carbocycles. The van der Waals surface area contributed by atoms with E-state index in [-0.39, 0.29) is 34.8 Å². The number of halogens is 1. The summed E-state index contributed by atoms with van der Waals surface area (Å²) >= 11 is 0. The second-order valence-electron chi connectivity index (χ2n) is 8.44. The first kappa shape index (κ1) is 26.0. The molecule has 0 radical (unpaired) electrons. The number of esters is 1. The Hall–Kier alpha value is -5.05. The molecule has 192 valence electrons. The molecule has 9 heteroatoms. The van der Waals surface area contributed by atoms with Crippen LogP contribution in [0.5, 0.6) is 5.75 Å². The number of aromatic carboxylic acids is 1. The molecule has 0 aliphatic heterocycles. The standard InChI is InChI=1S/C29H23FN2O6/c1-38-29(37)26(15-19-6-11-21(33)12-7-19)32-27(34)25-16-23(28(35)36)22-14-18(8-13-24(22)31-25)3-2-17-4-9-20(30)10-5-17/h2-14,16,26,33H,15H2,1H3,(H,32,34)(H,35,36)/t26-/m0/s1. The third-order valence-electron chi connectivity index (χ3n) is 5.80. The molecule has 4 rings (SSSR count). The number of phenolic OH excluding ortho intramolecular Hbond substituents is 1. The molecule has 0 aliphatic rings. The maximum atomic E-state index is 13.1. The average molecular weight is 515 g/mol. The van der Waals surface area contributed by atoms with Gasteiger partial charge in [-0.15, -0.1) is 0 Å². The Bertz CT molecular complexity index is 1530. The second-order valence-corrected chi connectivity index (χ2v) is 8.44. The molecule has 1 atom stereocenters. The summed E-state index contributed by atoms with van der Waals surface area (Å²) in [5, 5.41) is 22.2. The Kier molecular flexibility index (Phi) is 7.77. The zero-order valence-corrected chi connectivity index (χ0v) is 20.2. The number of ether oxygens (including phenoxy) is 1. The lowest BCUT2D eigenvalue weighted by Crippen LogP contribution is -2.43. The first-order chi connectivity index (χ1) is 18.2. The molecular formula is C29H23FN2O6.